The van der Waals surface area contributed by atoms with Crippen LogP contribution in [0.3, 0.4) is 0 Å². The molecule has 0 radical (unpaired) electrons. The molecule has 0 saturated carbocycles. The van der Waals surface area contributed by atoms with Crippen LogP contribution in [0.4, 0.5) is 4.79 Å². The van der Waals surface area contributed by atoms with E-state index in [4.69, 9.17) is 0 Å². The number of carbonyl (C=O) groups is 2. The number of carbonyl (C=O) groups excluding carboxylic acids is 2. The quantitative estimate of drug-likeness (QED) is 0.806. The van der Waals surface area contributed by atoms with Crippen molar-refractivity contribution in [2.24, 2.45) is 5.92 Å². The number of hydrogen-bond acceptors (Lipinski definition) is 5. The second-order valence-corrected chi connectivity index (χ2v) is 9.84. The molecule has 4 heterocycles. The number of hydrogen-bond donors (Lipinski definition) is 1. The largest absolute Gasteiger partial charge is 0.341 e. The van der Waals surface area contributed by atoms with E-state index in [1.54, 1.807) is 27.1 Å². The number of rotatable bonds is 3. The van der Waals surface area contributed by atoms with Crippen LogP contribution >= 0.6 is 11.3 Å². The number of piperidine rings is 1. The van der Waals surface area contributed by atoms with Gasteiger partial charge in [-0.15, -0.1) is 11.3 Å². The summed E-state index contributed by atoms with van der Waals surface area (Å²) in [5.41, 5.74) is 1.29. The molecule has 30 heavy (non-hydrogen) atoms. The molecule has 3 aliphatic rings. The van der Waals surface area contributed by atoms with E-state index in [0.29, 0.717) is 32.1 Å². The van der Waals surface area contributed by atoms with Crippen LogP contribution in [0.2, 0.25) is 0 Å². The summed E-state index contributed by atoms with van der Waals surface area (Å²) in [6.45, 7) is 4.77. The lowest BCUT2D eigenvalue weighted by Gasteiger charge is -2.33. The Kier molecular flexibility index (Phi) is 5.00. The lowest BCUT2D eigenvalue weighted by molar-refractivity contribution is -0.132. The molecule has 2 fully saturated rings. The van der Waals surface area contributed by atoms with Gasteiger partial charge in [0.15, 0.2) is 0 Å². The zero-order valence-corrected chi connectivity index (χ0v) is 18.0. The fourth-order valence-corrected chi connectivity index (χ4v) is 6.26. The Hall–Kier alpha value is -2.42. The van der Waals surface area contributed by atoms with Crippen LogP contribution < -0.4 is 10.9 Å². The molecule has 9 heteroatoms. The summed E-state index contributed by atoms with van der Waals surface area (Å²) in [4.78, 5) is 47.7. The molecule has 160 valence electrons. The number of likely N-dealkylation sites (tertiary alicyclic amines) is 1. The Balaban J connectivity index is 1.30. The van der Waals surface area contributed by atoms with Crippen LogP contribution in [0.15, 0.2) is 11.1 Å². The maximum atomic E-state index is 13.3. The first-order valence-electron chi connectivity index (χ1n) is 10.8. The van der Waals surface area contributed by atoms with Crippen molar-refractivity contribution in [2.75, 3.05) is 32.7 Å². The van der Waals surface area contributed by atoms with E-state index >= 15 is 0 Å². The molecular formula is C21H27N5O3S. The molecular weight excluding hydrogens is 402 g/mol. The smallest absolute Gasteiger partial charge is 0.317 e. The minimum Gasteiger partial charge on any atom is -0.341 e. The van der Waals surface area contributed by atoms with Gasteiger partial charge < -0.3 is 15.1 Å². The summed E-state index contributed by atoms with van der Waals surface area (Å²) in [6.07, 6.45) is 6.30. The van der Waals surface area contributed by atoms with Gasteiger partial charge in [-0.2, -0.15) is 0 Å². The number of urea groups is 1. The zero-order valence-electron chi connectivity index (χ0n) is 17.2. The topological polar surface area (TPSA) is 87.5 Å². The van der Waals surface area contributed by atoms with Crippen LogP contribution in [0, 0.1) is 5.92 Å². The first kappa shape index (κ1) is 19.5. The molecule has 8 nitrogen and oxygen atoms in total. The Morgan fingerprint density at radius 3 is 2.77 bits per heavy atom. The fraction of sp³-hybridized carbons (Fsp3) is 0.619. The molecule has 2 aromatic rings. The van der Waals surface area contributed by atoms with Crippen molar-refractivity contribution in [3.8, 4) is 0 Å². The number of nitrogens with zero attached hydrogens (tertiary/aromatic N) is 4. The maximum absolute atomic E-state index is 13.3. The number of fused-ring (bicyclic) bond motifs is 3. The summed E-state index contributed by atoms with van der Waals surface area (Å²) >= 11 is 1.68. The molecule has 1 unspecified atom stereocenters. The summed E-state index contributed by atoms with van der Waals surface area (Å²) in [6, 6.07) is -0.107. The minimum atomic E-state index is -0.169. The standard InChI is InChI=1S/C21H27N5O3S/c1-13-2-3-15-16(10-13)30-19-18(15)20(28)26(12-23-19)14-4-7-24(8-5-14)17(27)11-25-9-6-22-21(25)29/h12-14H,2-11H2,1H3,(H,22,29). The van der Waals surface area contributed by atoms with Crippen molar-refractivity contribution in [1.29, 1.82) is 0 Å². The first-order valence-corrected chi connectivity index (χ1v) is 11.6. The van der Waals surface area contributed by atoms with Crippen LogP contribution in [-0.2, 0) is 17.6 Å². The third-order valence-corrected chi connectivity index (χ3v) is 7.89. The first-order chi connectivity index (χ1) is 14.5. The third-order valence-electron chi connectivity index (χ3n) is 6.72. The van der Waals surface area contributed by atoms with E-state index in [1.807, 2.05) is 4.90 Å². The number of aryl methyl sites for hydroxylation is 1. The molecule has 2 aliphatic heterocycles. The third kappa shape index (κ3) is 3.38. The van der Waals surface area contributed by atoms with E-state index in [1.165, 1.54) is 10.4 Å². The van der Waals surface area contributed by atoms with Gasteiger partial charge in [0, 0.05) is 37.1 Å². The Morgan fingerprint density at radius 2 is 2.03 bits per heavy atom. The predicted octanol–water partition coefficient (Wildman–Crippen LogP) is 1.77. The summed E-state index contributed by atoms with van der Waals surface area (Å²) in [7, 11) is 0. The molecule has 2 saturated heterocycles. The number of nitrogens with one attached hydrogen (secondary N) is 1. The van der Waals surface area contributed by atoms with Crippen LogP contribution in [0.5, 0.6) is 0 Å². The van der Waals surface area contributed by atoms with Gasteiger partial charge in [0.25, 0.3) is 5.56 Å². The van der Waals surface area contributed by atoms with Gasteiger partial charge in [-0.25, -0.2) is 9.78 Å². The highest BCUT2D eigenvalue weighted by Crippen LogP contribution is 2.36. The second-order valence-electron chi connectivity index (χ2n) is 8.75. The highest BCUT2D eigenvalue weighted by atomic mass is 32.1. The summed E-state index contributed by atoms with van der Waals surface area (Å²) < 4.78 is 1.79. The van der Waals surface area contributed by atoms with E-state index < -0.39 is 0 Å². The van der Waals surface area contributed by atoms with Crippen molar-refractivity contribution in [2.45, 2.75) is 45.1 Å². The monoisotopic (exact) mass is 429 g/mol. The Bertz CT molecular complexity index is 1050. The van der Waals surface area contributed by atoms with Crippen molar-refractivity contribution < 1.29 is 9.59 Å². The molecule has 3 amide bonds. The predicted molar refractivity (Wildman–Crippen MR) is 115 cm³/mol. The lowest BCUT2D eigenvalue weighted by atomic mass is 9.89. The molecule has 2 aromatic heterocycles. The second kappa shape index (κ2) is 7.68. The SMILES string of the molecule is CC1CCc2c(sc3ncn(C4CCN(C(=O)CN5CCNC5=O)CC4)c(=O)c23)C1. The van der Waals surface area contributed by atoms with Gasteiger partial charge in [-0.3, -0.25) is 14.2 Å². The molecule has 1 aliphatic carbocycles. The normalized spacial score (nSPS) is 22.4. The summed E-state index contributed by atoms with van der Waals surface area (Å²) in [5.74, 6) is 0.647. The Morgan fingerprint density at radius 1 is 1.23 bits per heavy atom. The average Bonchev–Trinajstić information content (AvgIpc) is 3.31. The Labute approximate surface area is 178 Å². The van der Waals surface area contributed by atoms with E-state index in [0.717, 1.165) is 42.3 Å². The summed E-state index contributed by atoms with van der Waals surface area (Å²) in [5, 5.41) is 3.54. The highest BCUT2D eigenvalue weighted by Gasteiger charge is 2.29. The van der Waals surface area contributed by atoms with Crippen LogP contribution in [0.1, 0.15) is 42.7 Å². The minimum absolute atomic E-state index is 0.0209. The molecule has 0 bridgehead atoms. The molecule has 5 rings (SSSR count). The molecule has 1 N–H and O–H groups in total. The average molecular weight is 430 g/mol. The fourth-order valence-electron chi connectivity index (χ4n) is 4.92. The van der Waals surface area contributed by atoms with Gasteiger partial charge in [0.05, 0.1) is 11.7 Å². The van der Waals surface area contributed by atoms with Crippen molar-refractivity contribution in [1.82, 2.24) is 24.7 Å². The lowest BCUT2D eigenvalue weighted by Crippen LogP contribution is -2.45. The zero-order chi connectivity index (χ0) is 20.8. The van der Waals surface area contributed by atoms with Gasteiger partial charge in [-0.1, -0.05) is 6.92 Å². The number of thiophene rings is 1. The molecule has 0 spiro atoms. The van der Waals surface area contributed by atoms with E-state index in [2.05, 4.69) is 17.2 Å². The van der Waals surface area contributed by atoms with E-state index in [-0.39, 0.29) is 30.1 Å². The number of aromatic nitrogens is 2. The van der Waals surface area contributed by atoms with Crippen molar-refractivity contribution >= 4 is 33.5 Å². The molecule has 0 aromatic carbocycles. The van der Waals surface area contributed by atoms with Gasteiger partial charge in [0.1, 0.15) is 11.4 Å². The highest BCUT2D eigenvalue weighted by molar-refractivity contribution is 7.18. The van der Waals surface area contributed by atoms with E-state index in [9.17, 15) is 14.4 Å². The van der Waals surface area contributed by atoms with Gasteiger partial charge in [-0.05, 0) is 43.6 Å². The number of amides is 3. The maximum Gasteiger partial charge on any atom is 0.317 e. The van der Waals surface area contributed by atoms with Crippen LogP contribution in [0.25, 0.3) is 10.2 Å². The van der Waals surface area contributed by atoms with Crippen molar-refractivity contribution in [3.63, 3.8) is 0 Å². The van der Waals surface area contributed by atoms with Gasteiger partial charge >= 0.3 is 6.03 Å². The van der Waals surface area contributed by atoms with Crippen molar-refractivity contribution in [3.05, 3.63) is 27.1 Å². The molecule has 1 atom stereocenters. The van der Waals surface area contributed by atoms with Crippen LogP contribution in [-0.4, -0.2) is 64.0 Å². The van der Waals surface area contributed by atoms with Gasteiger partial charge in [0.2, 0.25) is 5.91 Å².